The van der Waals surface area contributed by atoms with Gasteiger partial charge in [0.2, 0.25) is 0 Å². The van der Waals surface area contributed by atoms with Gasteiger partial charge in [-0.25, -0.2) is 0 Å². The first-order valence-corrected chi connectivity index (χ1v) is 14.3. The highest BCUT2D eigenvalue weighted by Crippen LogP contribution is 2.47. The van der Waals surface area contributed by atoms with Crippen LogP contribution in [-0.4, -0.2) is 13.1 Å². The van der Waals surface area contributed by atoms with E-state index in [2.05, 4.69) is 109 Å². The number of nitriles is 2. The molecule has 2 aromatic rings. The number of benzene rings is 2. The largest absolute Gasteiger partial charge is 0.335 e. The predicted molar refractivity (Wildman–Crippen MR) is 155 cm³/mol. The van der Waals surface area contributed by atoms with Crippen molar-refractivity contribution >= 4 is 34.9 Å². The molecule has 0 N–H and O–H groups in total. The Morgan fingerprint density at radius 1 is 0.757 bits per heavy atom. The first-order valence-electron chi connectivity index (χ1n) is 12.6. The summed E-state index contributed by atoms with van der Waals surface area (Å²) < 4.78 is 0. The van der Waals surface area contributed by atoms with Crippen molar-refractivity contribution in [2.45, 2.75) is 42.9 Å². The molecule has 184 valence electrons. The lowest BCUT2D eigenvalue weighted by Gasteiger charge is -2.22. The van der Waals surface area contributed by atoms with Crippen molar-refractivity contribution in [3.8, 4) is 12.1 Å². The lowest BCUT2D eigenvalue weighted by atomic mass is 9.82. The zero-order valence-electron chi connectivity index (χ0n) is 21.1. The number of fused-ring (bicyclic) bond motifs is 2. The molecule has 1 aliphatic carbocycles. The van der Waals surface area contributed by atoms with Crippen molar-refractivity contribution in [1.82, 2.24) is 0 Å². The molecule has 2 aromatic carbocycles. The van der Waals surface area contributed by atoms with Crippen LogP contribution in [0.4, 0.5) is 11.4 Å². The van der Waals surface area contributed by atoms with Gasteiger partial charge in [-0.2, -0.15) is 10.5 Å². The van der Waals surface area contributed by atoms with Gasteiger partial charge in [-0.3, -0.25) is 0 Å². The Bertz CT molecular complexity index is 1360. The molecule has 4 nitrogen and oxygen atoms in total. The van der Waals surface area contributed by atoms with Crippen LogP contribution in [0.5, 0.6) is 0 Å². The van der Waals surface area contributed by atoms with Gasteiger partial charge in [-0.15, -0.1) is 0 Å². The second kappa shape index (κ2) is 11.2. The monoisotopic (exact) mass is 520 g/mol. The molecule has 0 unspecified atom stereocenters. The van der Waals surface area contributed by atoms with Crippen LogP contribution in [0.3, 0.4) is 0 Å². The molecule has 1 fully saturated rings. The first-order chi connectivity index (χ1) is 18.2. The molecule has 0 spiro atoms. The van der Waals surface area contributed by atoms with E-state index >= 15 is 0 Å². The number of hydrogen-bond acceptors (Lipinski definition) is 6. The van der Waals surface area contributed by atoms with E-state index in [1.807, 2.05) is 0 Å². The van der Waals surface area contributed by atoms with Gasteiger partial charge < -0.3 is 9.80 Å². The van der Waals surface area contributed by atoms with E-state index in [0.29, 0.717) is 0 Å². The maximum absolute atomic E-state index is 9.83. The van der Waals surface area contributed by atoms with Crippen molar-refractivity contribution < 1.29 is 0 Å². The molecule has 2 heterocycles. The predicted octanol–water partition coefficient (Wildman–Crippen LogP) is 8.31. The molecule has 3 aliphatic rings. The van der Waals surface area contributed by atoms with E-state index < -0.39 is 0 Å². The van der Waals surface area contributed by atoms with Crippen molar-refractivity contribution in [3.63, 3.8) is 0 Å². The van der Waals surface area contributed by atoms with Gasteiger partial charge in [0.1, 0.15) is 17.7 Å². The minimum atomic E-state index is 0.193. The van der Waals surface area contributed by atoms with Crippen LogP contribution in [-0.2, 0) is 0 Å². The second-order valence-corrected chi connectivity index (χ2v) is 11.0. The molecular weight excluding hydrogens is 493 g/mol. The van der Waals surface area contributed by atoms with Crippen LogP contribution in [0.25, 0.3) is 0 Å². The number of rotatable bonds is 4. The number of anilines is 2. The number of allylic oxidation sites excluding steroid dienone is 8. The fourth-order valence-corrected chi connectivity index (χ4v) is 7.32. The van der Waals surface area contributed by atoms with E-state index in [0.717, 1.165) is 49.1 Å². The minimum Gasteiger partial charge on any atom is -0.335 e. The fourth-order valence-electron chi connectivity index (χ4n) is 5.07. The SMILES string of the molecule is CCN1/C(=C/C=C2\CCC/C(=C\C=C3/Sc4ccccc4N3CC)C2=C(C#N)C#N)Sc2ccccc21. The lowest BCUT2D eigenvalue weighted by Crippen LogP contribution is -2.16. The summed E-state index contributed by atoms with van der Waals surface area (Å²) in [7, 11) is 0. The second-order valence-electron chi connectivity index (χ2n) is 8.85. The van der Waals surface area contributed by atoms with Gasteiger partial charge in [-0.1, -0.05) is 59.9 Å². The van der Waals surface area contributed by atoms with Gasteiger partial charge in [-0.05, 0) is 80.7 Å². The summed E-state index contributed by atoms with van der Waals surface area (Å²) in [5.74, 6) is 0. The first kappa shape index (κ1) is 25.1. The zero-order valence-corrected chi connectivity index (χ0v) is 22.7. The summed E-state index contributed by atoms with van der Waals surface area (Å²) in [4.78, 5) is 7.14. The smallest absolute Gasteiger partial charge is 0.137 e. The maximum Gasteiger partial charge on any atom is 0.137 e. The maximum atomic E-state index is 9.83. The Kier molecular flexibility index (Phi) is 7.60. The molecule has 0 bridgehead atoms. The van der Waals surface area contributed by atoms with Gasteiger partial charge in [0, 0.05) is 28.5 Å². The van der Waals surface area contributed by atoms with E-state index in [1.54, 1.807) is 23.5 Å². The highest BCUT2D eigenvalue weighted by atomic mass is 32.2. The average molecular weight is 521 g/mol. The Morgan fingerprint density at radius 3 is 1.65 bits per heavy atom. The van der Waals surface area contributed by atoms with Gasteiger partial charge >= 0.3 is 0 Å². The van der Waals surface area contributed by atoms with Crippen molar-refractivity contribution in [1.29, 1.82) is 10.5 Å². The highest BCUT2D eigenvalue weighted by Gasteiger charge is 2.26. The van der Waals surface area contributed by atoms with Crippen molar-refractivity contribution in [3.05, 3.63) is 105 Å². The summed E-state index contributed by atoms with van der Waals surface area (Å²) >= 11 is 3.53. The molecular formula is C31H28N4S2. The third-order valence-corrected chi connectivity index (χ3v) is 9.03. The van der Waals surface area contributed by atoms with Crippen LogP contribution in [0.15, 0.2) is 115 Å². The zero-order chi connectivity index (χ0) is 25.8. The molecule has 0 saturated heterocycles. The third kappa shape index (κ3) is 4.88. The molecule has 37 heavy (non-hydrogen) atoms. The van der Waals surface area contributed by atoms with E-state index in [9.17, 15) is 10.5 Å². The van der Waals surface area contributed by atoms with Crippen LogP contribution in [0, 0.1) is 22.7 Å². The molecule has 0 atom stereocenters. The topological polar surface area (TPSA) is 54.1 Å². The fraction of sp³-hybridized carbons (Fsp3) is 0.226. The number of thioether (sulfide) groups is 2. The van der Waals surface area contributed by atoms with E-state index in [1.165, 1.54) is 31.2 Å². The number of para-hydroxylation sites is 2. The van der Waals surface area contributed by atoms with E-state index in [4.69, 9.17) is 0 Å². The standard InChI is InChI=1S/C31H28N4S2/c1-3-34-25-12-5-7-14-27(25)36-29(34)18-16-22-10-9-11-23(31(22)24(20-32)21-33)17-19-30-35(4-2)26-13-6-8-15-28(26)37-30/h5-8,12-19H,3-4,9-11H2,1-2H3/b22-16+,23-17+,29-18-,30-19-. The quantitative estimate of drug-likeness (QED) is 0.378. The summed E-state index contributed by atoms with van der Waals surface area (Å²) in [6.07, 6.45) is 11.3. The lowest BCUT2D eigenvalue weighted by molar-refractivity contribution is 0.771. The molecule has 6 heteroatoms. The van der Waals surface area contributed by atoms with Crippen LogP contribution in [0.1, 0.15) is 33.1 Å². The number of nitrogens with zero attached hydrogens (tertiary/aromatic N) is 4. The van der Waals surface area contributed by atoms with Gasteiger partial charge in [0.25, 0.3) is 0 Å². The molecule has 5 rings (SSSR count). The summed E-state index contributed by atoms with van der Waals surface area (Å²) in [5, 5.41) is 22.0. The van der Waals surface area contributed by atoms with Crippen LogP contribution in [0.2, 0.25) is 0 Å². The number of hydrogen-bond donors (Lipinski definition) is 0. The third-order valence-electron chi connectivity index (χ3n) is 6.77. The summed E-state index contributed by atoms with van der Waals surface area (Å²) in [5.41, 5.74) is 5.58. The Balaban J connectivity index is 1.50. The van der Waals surface area contributed by atoms with Crippen LogP contribution < -0.4 is 9.80 Å². The Morgan fingerprint density at radius 2 is 1.22 bits per heavy atom. The van der Waals surface area contributed by atoms with Gasteiger partial charge in [0.05, 0.1) is 21.4 Å². The molecule has 0 amide bonds. The normalized spacial score (nSPS) is 20.9. The van der Waals surface area contributed by atoms with Crippen molar-refractivity contribution in [2.75, 3.05) is 22.9 Å². The van der Waals surface area contributed by atoms with Crippen molar-refractivity contribution in [2.24, 2.45) is 0 Å². The van der Waals surface area contributed by atoms with Crippen LogP contribution >= 0.6 is 23.5 Å². The average Bonchev–Trinajstić information content (AvgIpc) is 3.49. The molecule has 0 aromatic heterocycles. The van der Waals surface area contributed by atoms with Gasteiger partial charge in [0.15, 0.2) is 0 Å². The Hall–Kier alpha value is -3.58. The summed E-state index contributed by atoms with van der Waals surface area (Å²) in [6.45, 7) is 6.09. The minimum absolute atomic E-state index is 0.193. The van der Waals surface area contributed by atoms with E-state index in [-0.39, 0.29) is 5.57 Å². The summed E-state index contributed by atoms with van der Waals surface area (Å²) in [6, 6.07) is 21.2. The molecule has 2 aliphatic heterocycles. The molecule has 1 saturated carbocycles. The molecule has 0 radical (unpaired) electrons. The Labute approximate surface area is 228 Å². The highest BCUT2D eigenvalue weighted by molar-refractivity contribution is 8.04.